The van der Waals surface area contributed by atoms with Crippen LogP contribution < -0.4 is 0 Å². The molecule has 76 heavy (non-hydrogen) atoms. The first-order valence-corrected chi connectivity index (χ1v) is 31.1. The maximum Gasteiger partial charge on any atom is 0.472 e. The van der Waals surface area contributed by atoms with Crippen molar-refractivity contribution in [2.24, 2.45) is 0 Å². The van der Waals surface area contributed by atoms with Crippen LogP contribution in [-0.2, 0) is 32.7 Å². The minimum atomic E-state index is -4.41. The molecule has 0 saturated carbocycles. The van der Waals surface area contributed by atoms with Gasteiger partial charge in [-0.25, -0.2) is 4.57 Å². The van der Waals surface area contributed by atoms with Gasteiger partial charge in [-0.15, -0.1) is 0 Å². The first-order chi connectivity index (χ1) is 37.0. The predicted octanol–water partition coefficient (Wildman–Crippen LogP) is 18.7. The molecule has 1 N–H and O–H groups in total. The van der Waals surface area contributed by atoms with Crippen molar-refractivity contribution >= 4 is 19.8 Å². The number of esters is 2. The molecule has 9 nitrogen and oxygen atoms in total. The van der Waals surface area contributed by atoms with Crippen LogP contribution in [0.1, 0.15) is 206 Å². The van der Waals surface area contributed by atoms with Gasteiger partial charge in [0.1, 0.15) is 19.8 Å². The molecular formula is C66H109NO8P+. The molecule has 430 valence electrons. The number of carbonyl (C=O) groups is 2. The molecule has 0 amide bonds. The van der Waals surface area contributed by atoms with Crippen molar-refractivity contribution in [3.63, 3.8) is 0 Å². The van der Waals surface area contributed by atoms with Crippen LogP contribution in [0.15, 0.2) is 146 Å². The molecule has 0 rings (SSSR count). The molecular weight excluding hydrogens is 966 g/mol. The highest BCUT2D eigenvalue weighted by Gasteiger charge is 2.27. The number of nitrogens with zero attached hydrogens (tertiary/aromatic N) is 1. The fourth-order valence-electron chi connectivity index (χ4n) is 7.37. The minimum absolute atomic E-state index is 0.0160. The van der Waals surface area contributed by atoms with Crippen LogP contribution in [0.25, 0.3) is 0 Å². The van der Waals surface area contributed by atoms with Crippen LogP contribution in [0, 0.1) is 0 Å². The molecule has 0 aromatic rings. The number of unbranched alkanes of at least 4 members (excludes halogenated alkanes) is 14. The second-order valence-electron chi connectivity index (χ2n) is 20.3. The fourth-order valence-corrected chi connectivity index (χ4v) is 8.12. The van der Waals surface area contributed by atoms with E-state index in [0.29, 0.717) is 23.9 Å². The van der Waals surface area contributed by atoms with Gasteiger partial charge in [0.05, 0.1) is 27.7 Å². The lowest BCUT2D eigenvalue weighted by Crippen LogP contribution is -2.37. The Morgan fingerprint density at radius 3 is 1.08 bits per heavy atom. The summed E-state index contributed by atoms with van der Waals surface area (Å²) in [7, 11) is 1.43. The first-order valence-electron chi connectivity index (χ1n) is 29.6. The van der Waals surface area contributed by atoms with Gasteiger partial charge in [-0.2, -0.15) is 0 Å². The number of carbonyl (C=O) groups excluding carboxylic acids is 2. The van der Waals surface area contributed by atoms with Crippen molar-refractivity contribution in [1.82, 2.24) is 0 Å². The van der Waals surface area contributed by atoms with Crippen molar-refractivity contribution in [1.29, 1.82) is 0 Å². The zero-order chi connectivity index (χ0) is 55.6. The summed E-state index contributed by atoms with van der Waals surface area (Å²) < 4.78 is 34.5. The van der Waals surface area contributed by atoms with E-state index in [2.05, 4.69) is 160 Å². The Labute approximate surface area is 465 Å². The average Bonchev–Trinajstić information content (AvgIpc) is 3.38. The lowest BCUT2D eigenvalue weighted by Gasteiger charge is -2.24. The Morgan fingerprint density at radius 2 is 0.711 bits per heavy atom. The number of rotatable bonds is 52. The molecule has 0 aliphatic heterocycles. The molecule has 0 spiro atoms. The molecule has 10 heteroatoms. The van der Waals surface area contributed by atoms with Gasteiger partial charge in [0.25, 0.3) is 0 Å². The van der Waals surface area contributed by atoms with E-state index in [-0.39, 0.29) is 26.1 Å². The minimum Gasteiger partial charge on any atom is -0.462 e. The summed E-state index contributed by atoms with van der Waals surface area (Å²) in [5.41, 5.74) is 0. The Balaban J connectivity index is 4.24. The highest BCUT2D eigenvalue weighted by atomic mass is 31.2. The van der Waals surface area contributed by atoms with E-state index in [9.17, 15) is 19.0 Å². The van der Waals surface area contributed by atoms with E-state index in [1.807, 2.05) is 21.1 Å². The van der Waals surface area contributed by atoms with Crippen molar-refractivity contribution in [2.45, 2.75) is 213 Å². The number of hydrogen-bond acceptors (Lipinski definition) is 7. The Kier molecular flexibility index (Phi) is 52.6. The quantitative estimate of drug-likeness (QED) is 0.0211. The van der Waals surface area contributed by atoms with E-state index in [4.69, 9.17) is 18.5 Å². The number of quaternary nitrogens is 1. The maximum atomic E-state index is 12.8. The van der Waals surface area contributed by atoms with Gasteiger partial charge < -0.3 is 18.9 Å². The maximum absolute atomic E-state index is 12.8. The van der Waals surface area contributed by atoms with Crippen LogP contribution in [0.2, 0.25) is 0 Å². The van der Waals surface area contributed by atoms with Gasteiger partial charge in [-0.3, -0.25) is 18.6 Å². The number of likely N-dealkylation sites (N-methyl/N-ethyl adjacent to an activating group) is 1. The van der Waals surface area contributed by atoms with Gasteiger partial charge in [0, 0.05) is 12.8 Å². The number of allylic oxidation sites excluding steroid dienone is 24. The third kappa shape index (κ3) is 59.1. The molecule has 0 fully saturated rings. The predicted molar refractivity (Wildman–Crippen MR) is 325 cm³/mol. The summed E-state index contributed by atoms with van der Waals surface area (Å²) in [5.74, 6) is -0.861. The van der Waals surface area contributed by atoms with Crippen LogP contribution >= 0.6 is 7.82 Å². The van der Waals surface area contributed by atoms with Crippen molar-refractivity contribution < 1.29 is 42.1 Å². The standard InChI is InChI=1S/C66H108NO8P/c1-6-8-10-12-14-16-18-20-22-24-26-28-29-30-31-32-33-34-35-36-37-39-41-43-45-47-49-51-53-55-57-59-66(69)75-64(63-74-76(70,71)73-61-60-67(3,4)5)62-72-65(68)58-56-54-52-50-48-46-44-42-40-38-27-25-23-21-19-17-15-13-11-9-7-2/h8-11,14-17,20-23,26-28,30-31,33-34,38,42,44,48,50,64H,6-7,12-13,18-19,24-25,29,32,35-37,39-41,43,45-47,49,51-63H2,1-5H3/p+1/b10-8-,11-9-,16-14-,17-15-,22-20-,23-21-,28-26-,31-30-,34-33-,38-27-,44-42-,50-48-. The fraction of sp³-hybridized carbons (Fsp3) is 0.606. The molecule has 0 saturated heterocycles. The SMILES string of the molecule is CC/C=C\C/C=C\C/C=C\C/C=C\C/C=C\C/C=C\CCCCCCCCCCCCCCC(=O)OC(COC(=O)CCCC/C=C\C/C=C\C/C=C\C/C=C\C/C=C\C/C=C\CC)COP(=O)(O)OCC[N+](C)(C)C. The van der Waals surface area contributed by atoms with Crippen LogP contribution in [-0.4, -0.2) is 74.9 Å². The molecule has 0 aliphatic carbocycles. The molecule has 0 bridgehead atoms. The third-order valence-electron chi connectivity index (χ3n) is 11.9. The van der Waals surface area contributed by atoms with E-state index in [1.165, 1.54) is 57.8 Å². The van der Waals surface area contributed by atoms with Crippen LogP contribution in [0.3, 0.4) is 0 Å². The number of phosphoric ester groups is 1. The van der Waals surface area contributed by atoms with Crippen LogP contribution in [0.4, 0.5) is 0 Å². The van der Waals surface area contributed by atoms with Gasteiger partial charge in [0.2, 0.25) is 0 Å². The highest BCUT2D eigenvalue weighted by molar-refractivity contribution is 7.47. The second kappa shape index (κ2) is 55.6. The molecule has 0 radical (unpaired) electrons. The average molecular weight is 1080 g/mol. The molecule has 0 heterocycles. The topological polar surface area (TPSA) is 108 Å². The van der Waals surface area contributed by atoms with Crippen molar-refractivity contribution in [2.75, 3.05) is 47.5 Å². The van der Waals surface area contributed by atoms with Gasteiger partial charge in [-0.05, 0) is 116 Å². The normalized spacial score (nSPS) is 14.3. The van der Waals surface area contributed by atoms with Crippen molar-refractivity contribution in [3.8, 4) is 0 Å². The lowest BCUT2D eigenvalue weighted by molar-refractivity contribution is -0.870. The van der Waals surface area contributed by atoms with E-state index < -0.39 is 32.5 Å². The Morgan fingerprint density at radius 1 is 0.408 bits per heavy atom. The first kappa shape index (κ1) is 71.9. The summed E-state index contributed by atoms with van der Waals surface area (Å²) in [5, 5.41) is 0. The molecule has 0 aromatic heterocycles. The zero-order valence-electron chi connectivity index (χ0n) is 48.7. The number of hydrogen-bond donors (Lipinski definition) is 1. The van der Waals surface area contributed by atoms with Gasteiger partial charge in [-0.1, -0.05) is 224 Å². The van der Waals surface area contributed by atoms with Gasteiger partial charge in [0.15, 0.2) is 6.10 Å². The molecule has 0 aliphatic rings. The smallest absolute Gasteiger partial charge is 0.462 e. The zero-order valence-corrected chi connectivity index (χ0v) is 49.6. The van der Waals surface area contributed by atoms with Gasteiger partial charge >= 0.3 is 19.8 Å². The molecule has 2 unspecified atom stereocenters. The summed E-state index contributed by atoms with van der Waals surface area (Å²) in [6.07, 6.45) is 82.1. The second-order valence-corrected chi connectivity index (χ2v) is 21.7. The number of phosphoric acid groups is 1. The van der Waals surface area contributed by atoms with E-state index in [0.717, 1.165) is 109 Å². The molecule has 2 atom stereocenters. The number of ether oxygens (including phenoxy) is 2. The Hall–Kier alpha value is -4.11. The van der Waals surface area contributed by atoms with Crippen molar-refractivity contribution in [3.05, 3.63) is 146 Å². The van der Waals surface area contributed by atoms with E-state index >= 15 is 0 Å². The molecule has 0 aromatic carbocycles. The summed E-state index contributed by atoms with van der Waals surface area (Å²) in [6.45, 7) is 4.13. The summed E-state index contributed by atoms with van der Waals surface area (Å²) in [4.78, 5) is 35.7. The monoisotopic (exact) mass is 1070 g/mol. The third-order valence-corrected chi connectivity index (χ3v) is 12.8. The summed E-state index contributed by atoms with van der Waals surface area (Å²) >= 11 is 0. The largest absolute Gasteiger partial charge is 0.472 e. The Bertz CT molecular complexity index is 1790. The highest BCUT2D eigenvalue weighted by Crippen LogP contribution is 2.43. The van der Waals surface area contributed by atoms with E-state index in [1.54, 1.807) is 0 Å². The summed E-state index contributed by atoms with van der Waals surface area (Å²) in [6, 6.07) is 0. The van der Waals surface area contributed by atoms with Crippen LogP contribution in [0.5, 0.6) is 0 Å². The lowest BCUT2D eigenvalue weighted by atomic mass is 10.0.